The topological polar surface area (TPSA) is 63.3 Å². The molecule has 2 atom stereocenters. The first kappa shape index (κ1) is 13.8. The zero-order valence-electron chi connectivity index (χ0n) is 9.03. The summed E-state index contributed by atoms with van der Waals surface area (Å²) in [6.45, 7) is 4.39. The van der Waals surface area contributed by atoms with Crippen molar-refractivity contribution < 1.29 is 9.90 Å². The smallest absolute Gasteiger partial charge is 0.320 e. The molecule has 0 saturated carbocycles. The maximum absolute atomic E-state index is 10.4. The van der Waals surface area contributed by atoms with Gasteiger partial charge in [-0.25, -0.2) is 0 Å². The second-order valence-corrected chi connectivity index (χ2v) is 5.08. The van der Waals surface area contributed by atoms with Crippen LogP contribution in [0.15, 0.2) is 0 Å². The molecule has 0 aliphatic carbocycles. The van der Waals surface area contributed by atoms with Gasteiger partial charge in [-0.3, -0.25) is 4.79 Å². The number of thioether (sulfide) groups is 1. The summed E-state index contributed by atoms with van der Waals surface area (Å²) in [5.41, 5.74) is 5.38. The number of carbonyl (C=O) groups is 1. The fourth-order valence-electron chi connectivity index (χ4n) is 0.992. The van der Waals surface area contributed by atoms with Gasteiger partial charge in [-0.2, -0.15) is 11.8 Å². The van der Waals surface area contributed by atoms with Crippen LogP contribution in [0, 0.1) is 0 Å². The fraction of sp³-hybridized carbons (Fsp3) is 0.900. The normalized spacial score (nSPS) is 15.1. The number of nitrogens with two attached hydrogens (primary N) is 1. The van der Waals surface area contributed by atoms with E-state index in [1.54, 1.807) is 0 Å². The van der Waals surface area contributed by atoms with Crippen LogP contribution in [0.4, 0.5) is 0 Å². The van der Waals surface area contributed by atoms with Gasteiger partial charge < -0.3 is 10.8 Å². The Balaban J connectivity index is 3.25. The van der Waals surface area contributed by atoms with Gasteiger partial charge in [0.05, 0.1) is 0 Å². The van der Waals surface area contributed by atoms with Crippen LogP contribution in [0.25, 0.3) is 0 Å². The summed E-state index contributed by atoms with van der Waals surface area (Å²) in [6, 6.07) is -0.677. The van der Waals surface area contributed by atoms with E-state index in [9.17, 15) is 4.79 Å². The lowest BCUT2D eigenvalue weighted by molar-refractivity contribution is -0.138. The van der Waals surface area contributed by atoms with Crippen molar-refractivity contribution in [2.45, 2.75) is 50.8 Å². The lowest BCUT2D eigenvalue weighted by Gasteiger charge is -2.08. The molecule has 0 spiro atoms. The average Bonchev–Trinajstić information content (AvgIpc) is 2.16. The molecule has 0 rings (SSSR count). The Morgan fingerprint density at radius 2 is 2.14 bits per heavy atom. The number of unbranched alkanes of at least 4 members (excludes halogenated alkanes) is 1. The zero-order valence-corrected chi connectivity index (χ0v) is 9.85. The Morgan fingerprint density at radius 1 is 1.50 bits per heavy atom. The van der Waals surface area contributed by atoms with Crippen LogP contribution in [-0.4, -0.2) is 28.1 Å². The van der Waals surface area contributed by atoms with Crippen LogP contribution in [0.1, 0.15) is 39.5 Å². The molecule has 4 heteroatoms. The first-order chi connectivity index (χ1) is 6.57. The summed E-state index contributed by atoms with van der Waals surface area (Å²) in [6.07, 6.45) is 3.77. The molecule has 0 heterocycles. The molecular formula is C10H21NO2S. The Bertz CT molecular complexity index is 164. The lowest BCUT2D eigenvalue weighted by atomic mass is 10.1. The van der Waals surface area contributed by atoms with Crippen molar-refractivity contribution in [2.75, 3.05) is 5.75 Å². The van der Waals surface area contributed by atoms with E-state index in [1.165, 1.54) is 6.42 Å². The van der Waals surface area contributed by atoms with Gasteiger partial charge >= 0.3 is 5.97 Å². The molecule has 0 aromatic carbocycles. The minimum Gasteiger partial charge on any atom is -0.480 e. The van der Waals surface area contributed by atoms with E-state index in [4.69, 9.17) is 10.8 Å². The highest BCUT2D eigenvalue weighted by atomic mass is 32.2. The number of carboxylic acids is 1. The Kier molecular flexibility index (Phi) is 7.99. The van der Waals surface area contributed by atoms with E-state index in [0.717, 1.165) is 18.6 Å². The molecule has 0 radical (unpaired) electrons. The minimum absolute atomic E-state index is 0.594. The molecule has 14 heavy (non-hydrogen) atoms. The van der Waals surface area contributed by atoms with Gasteiger partial charge in [0.25, 0.3) is 0 Å². The number of carboxylic acid groups (broad SMARTS) is 1. The average molecular weight is 219 g/mol. The largest absolute Gasteiger partial charge is 0.480 e. The molecule has 0 aliphatic heterocycles. The second kappa shape index (κ2) is 8.12. The van der Waals surface area contributed by atoms with Crippen molar-refractivity contribution in [3.63, 3.8) is 0 Å². The van der Waals surface area contributed by atoms with Crippen LogP contribution in [0.2, 0.25) is 0 Å². The lowest BCUT2D eigenvalue weighted by Crippen LogP contribution is -2.29. The molecule has 0 saturated heterocycles. The zero-order chi connectivity index (χ0) is 11.0. The van der Waals surface area contributed by atoms with Crippen LogP contribution < -0.4 is 5.73 Å². The van der Waals surface area contributed by atoms with Crippen molar-refractivity contribution in [3.05, 3.63) is 0 Å². The quantitative estimate of drug-likeness (QED) is 0.614. The molecule has 0 amide bonds. The molecule has 0 aromatic heterocycles. The van der Waals surface area contributed by atoms with Gasteiger partial charge in [0, 0.05) is 5.25 Å². The van der Waals surface area contributed by atoms with Crippen molar-refractivity contribution in [1.82, 2.24) is 0 Å². The molecular weight excluding hydrogens is 198 g/mol. The maximum atomic E-state index is 10.4. The van der Waals surface area contributed by atoms with Crippen molar-refractivity contribution in [2.24, 2.45) is 5.73 Å². The van der Waals surface area contributed by atoms with Crippen LogP contribution in [0.3, 0.4) is 0 Å². The summed E-state index contributed by atoms with van der Waals surface area (Å²) in [4.78, 5) is 10.4. The summed E-state index contributed by atoms with van der Waals surface area (Å²) in [7, 11) is 0. The first-order valence-electron chi connectivity index (χ1n) is 5.18. The standard InChI is InChI=1S/C10H21NO2S/c1-3-8(2)14-7-5-4-6-9(11)10(12)13/h8-9H,3-7,11H2,1-2H3,(H,12,13). The van der Waals surface area contributed by atoms with Gasteiger partial charge in [-0.1, -0.05) is 20.3 Å². The molecule has 0 bridgehead atoms. The summed E-state index contributed by atoms with van der Waals surface area (Å²) in [5.74, 6) is 0.223. The first-order valence-corrected chi connectivity index (χ1v) is 6.22. The molecule has 0 aromatic rings. The predicted molar refractivity (Wildman–Crippen MR) is 61.7 cm³/mol. The number of rotatable bonds is 8. The van der Waals surface area contributed by atoms with Crippen molar-refractivity contribution >= 4 is 17.7 Å². The number of hydrogen-bond acceptors (Lipinski definition) is 3. The van der Waals surface area contributed by atoms with Gasteiger partial charge in [0.2, 0.25) is 0 Å². The van der Waals surface area contributed by atoms with E-state index in [-0.39, 0.29) is 0 Å². The Hall–Kier alpha value is -0.220. The fourth-order valence-corrected chi connectivity index (χ4v) is 2.00. The molecule has 0 fully saturated rings. The number of aliphatic carboxylic acids is 1. The molecule has 84 valence electrons. The molecule has 2 unspecified atom stereocenters. The third-order valence-electron chi connectivity index (χ3n) is 2.20. The second-order valence-electron chi connectivity index (χ2n) is 3.53. The van der Waals surface area contributed by atoms with E-state index in [1.807, 2.05) is 11.8 Å². The van der Waals surface area contributed by atoms with E-state index >= 15 is 0 Å². The molecule has 0 aliphatic rings. The maximum Gasteiger partial charge on any atom is 0.320 e. The molecule has 3 N–H and O–H groups in total. The summed E-state index contributed by atoms with van der Waals surface area (Å²) >= 11 is 1.95. The van der Waals surface area contributed by atoms with Crippen LogP contribution in [0.5, 0.6) is 0 Å². The molecule has 3 nitrogen and oxygen atoms in total. The third-order valence-corrected chi connectivity index (χ3v) is 3.63. The predicted octanol–water partition coefficient (Wildman–Crippen LogP) is 2.10. The highest BCUT2D eigenvalue weighted by Gasteiger charge is 2.09. The van der Waals surface area contributed by atoms with Crippen molar-refractivity contribution in [1.29, 1.82) is 0 Å². The highest BCUT2D eigenvalue weighted by Crippen LogP contribution is 2.15. The van der Waals surface area contributed by atoms with E-state index in [0.29, 0.717) is 11.7 Å². The monoisotopic (exact) mass is 219 g/mol. The van der Waals surface area contributed by atoms with Crippen LogP contribution >= 0.6 is 11.8 Å². The Morgan fingerprint density at radius 3 is 2.64 bits per heavy atom. The third kappa shape index (κ3) is 7.21. The highest BCUT2D eigenvalue weighted by molar-refractivity contribution is 7.99. The van der Waals surface area contributed by atoms with Crippen LogP contribution in [-0.2, 0) is 4.79 Å². The van der Waals surface area contributed by atoms with Crippen molar-refractivity contribution in [3.8, 4) is 0 Å². The minimum atomic E-state index is -0.889. The van der Waals surface area contributed by atoms with Gasteiger partial charge in [-0.15, -0.1) is 0 Å². The Labute approximate surface area is 90.4 Å². The summed E-state index contributed by atoms with van der Waals surface area (Å²) < 4.78 is 0. The van der Waals surface area contributed by atoms with Gasteiger partial charge in [0.15, 0.2) is 0 Å². The van der Waals surface area contributed by atoms with Gasteiger partial charge in [-0.05, 0) is 25.0 Å². The number of hydrogen-bond donors (Lipinski definition) is 2. The van der Waals surface area contributed by atoms with Gasteiger partial charge in [0.1, 0.15) is 6.04 Å². The summed E-state index contributed by atoms with van der Waals surface area (Å²) in [5, 5.41) is 9.25. The van der Waals surface area contributed by atoms with E-state index in [2.05, 4.69) is 13.8 Å². The SMILES string of the molecule is CCC(C)SCCCCC(N)C(=O)O. The van der Waals surface area contributed by atoms with E-state index < -0.39 is 12.0 Å².